The van der Waals surface area contributed by atoms with E-state index in [0.717, 1.165) is 38.8 Å². The fourth-order valence-corrected chi connectivity index (χ4v) is 4.43. The molecule has 4 rings (SSSR count). The fourth-order valence-electron chi connectivity index (χ4n) is 4.43. The summed E-state index contributed by atoms with van der Waals surface area (Å²) >= 11 is 0. The van der Waals surface area contributed by atoms with Gasteiger partial charge in [0.25, 0.3) is 0 Å². The first kappa shape index (κ1) is 12.4. The van der Waals surface area contributed by atoms with Gasteiger partial charge in [-0.3, -0.25) is 4.90 Å². The largest absolute Gasteiger partial charge is 0.508 e. The minimum absolute atomic E-state index is 0.00868. The zero-order valence-corrected chi connectivity index (χ0v) is 11.9. The van der Waals surface area contributed by atoms with Crippen LogP contribution in [0, 0.1) is 0 Å². The lowest BCUT2D eigenvalue weighted by Crippen LogP contribution is -2.50. The number of fused-ring (bicyclic) bond motifs is 1. The third-order valence-corrected chi connectivity index (χ3v) is 5.40. The van der Waals surface area contributed by atoms with Crippen LogP contribution in [0.5, 0.6) is 5.75 Å². The van der Waals surface area contributed by atoms with Gasteiger partial charge in [-0.05, 0) is 48.1 Å². The third kappa shape index (κ3) is 1.54. The molecule has 0 saturated carbocycles. The van der Waals surface area contributed by atoms with Crippen LogP contribution in [0.4, 0.5) is 0 Å². The van der Waals surface area contributed by atoms with Crippen molar-refractivity contribution >= 4 is 0 Å². The second-order valence-electron chi connectivity index (χ2n) is 6.22. The van der Waals surface area contributed by atoms with E-state index in [9.17, 15) is 5.11 Å². The Balaban J connectivity index is 1.91. The molecule has 20 heavy (non-hydrogen) atoms. The first-order chi connectivity index (χ1) is 9.74. The first-order valence-corrected chi connectivity index (χ1v) is 7.54. The number of nitrogens with zero attached hydrogens (tertiary/aromatic N) is 1. The molecule has 1 saturated heterocycles. The Labute approximate surface area is 119 Å². The predicted molar refractivity (Wildman–Crippen MR) is 77.8 cm³/mol. The van der Waals surface area contributed by atoms with Gasteiger partial charge in [-0.15, -0.1) is 0 Å². The molecule has 0 amide bonds. The number of phenols is 1. The van der Waals surface area contributed by atoms with Crippen molar-refractivity contribution in [3.05, 3.63) is 41.0 Å². The molecule has 3 aliphatic rings. The average molecular weight is 271 g/mol. The Kier molecular flexibility index (Phi) is 2.69. The van der Waals surface area contributed by atoms with E-state index in [4.69, 9.17) is 4.74 Å². The number of phenolic OH excluding ortho intramolecular Hbond substituents is 1. The molecule has 0 bridgehead atoms. The number of ether oxygens (including phenoxy) is 1. The van der Waals surface area contributed by atoms with Crippen molar-refractivity contribution < 1.29 is 9.84 Å². The molecular weight excluding hydrogens is 250 g/mol. The molecule has 2 aliphatic heterocycles. The number of rotatable bonds is 1. The van der Waals surface area contributed by atoms with Crippen LogP contribution < -0.4 is 0 Å². The van der Waals surface area contributed by atoms with Crippen molar-refractivity contribution in [2.75, 3.05) is 20.2 Å². The predicted octanol–water partition coefficient (Wildman–Crippen LogP) is 2.58. The minimum Gasteiger partial charge on any atom is -0.508 e. The van der Waals surface area contributed by atoms with E-state index in [-0.39, 0.29) is 11.6 Å². The zero-order chi connectivity index (χ0) is 13.7. The van der Waals surface area contributed by atoms with Crippen LogP contribution in [0.1, 0.15) is 30.4 Å². The summed E-state index contributed by atoms with van der Waals surface area (Å²) in [6.45, 7) is 2.25. The van der Waals surface area contributed by atoms with Gasteiger partial charge in [0.2, 0.25) is 0 Å². The Morgan fingerprint density at radius 1 is 1.30 bits per heavy atom. The third-order valence-electron chi connectivity index (χ3n) is 5.40. The molecule has 1 N–H and O–H groups in total. The van der Waals surface area contributed by atoms with Gasteiger partial charge in [-0.1, -0.05) is 12.1 Å². The highest BCUT2D eigenvalue weighted by molar-refractivity contribution is 5.49. The number of hydrogen-bond acceptors (Lipinski definition) is 3. The Morgan fingerprint density at radius 3 is 3.00 bits per heavy atom. The molecule has 1 fully saturated rings. The van der Waals surface area contributed by atoms with Crippen LogP contribution in [0.2, 0.25) is 0 Å². The van der Waals surface area contributed by atoms with Crippen molar-refractivity contribution in [2.45, 2.75) is 37.3 Å². The zero-order valence-electron chi connectivity index (χ0n) is 11.9. The molecule has 1 aliphatic carbocycles. The first-order valence-electron chi connectivity index (χ1n) is 7.54. The van der Waals surface area contributed by atoms with Crippen molar-refractivity contribution in [3.8, 4) is 5.75 Å². The molecule has 0 aromatic heterocycles. The van der Waals surface area contributed by atoms with Crippen molar-refractivity contribution in [1.82, 2.24) is 4.90 Å². The molecule has 3 heteroatoms. The monoisotopic (exact) mass is 271 g/mol. The van der Waals surface area contributed by atoms with E-state index in [1.54, 1.807) is 0 Å². The summed E-state index contributed by atoms with van der Waals surface area (Å²) < 4.78 is 5.65. The van der Waals surface area contributed by atoms with Crippen molar-refractivity contribution in [3.63, 3.8) is 0 Å². The van der Waals surface area contributed by atoms with E-state index < -0.39 is 0 Å². The van der Waals surface area contributed by atoms with Gasteiger partial charge < -0.3 is 9.84 Å². The number of hydrogen-bond donors (Lipinski definition) is 1. The summed E-state index contributed by atoms with van der Waals surface area (Å²) in [5.41, 5.74) is 4.24. The van der Waals surface area contributed by atoms with E-state index >= 15 is 0 Å². The molecule has 3 nitrogen and oxygen atoms in total. The summed E-state index contributed by atoms with van der Waals surface area (Å²) in [4.78, 5) is 2.60. The molecule has 1 aromatic carbocycles. The molecule has 2 heterocycles. The van der Waals surface area contributed by atoms with Crippen LogP contribution in [-0.2, 0) is 16.7 Å². The van der Waals surface area contributed by atoms with Gasteiger partial charge in [-0.2, -0.15) is 0 Å². The van der Waals surface area contributed by atoms with Gasteiger partial charge in [-0.25, -0.2) is 0 Å². The van der Waals surface area contributed by atoms with E-state index in [1.165, 1.54) is 16.7 Å². The van der Waals surface area contributed by atoms with Crippen molar-refractivity contribution in [2.24, 2.45) is 0 Å². The van der Waals surface area contributed by atoms with Gasteiger partial charge in [0, 0.05) is 26.6 Å². The summed E-state index contributed by atoms with van der Waals surface area (Å²) in [6, 6.07) is 5.90. The maximum atomic E-state index is 9.95. The highest BCUT2D eigenvalue weighted by Gasteiger charge is 2.51. The van der Waals surface area contributed by atoms with Crippen LogP contribution in [0.25, 0.3) is 0 Å². The topological polar surface area (TPSA) is 32.7 Å². The second-order valence-corrected chi connectivity index (χ2v) is 6.22. The summed E-state index contributed by atoms with van der Waals surface area (Å²) in [7, 11) is 1.81. The Morgan fingerprint density at radius 2 is 2.15 bits per heavy atom. The molecule has 0 radical (unpaired) electrons. The smallest absolute Gasteiger partial charge is 0.115 e. The molecule has 2 atom stereocenters. The maximum Gasteiger partial charge on any atom is 0.115 e. The summed E-state index contributed by atoms with van der Waals surface area (Å²) in [5, 5.41) is 9.95. The number of aromatic hydroxyl groups is 1. The quantitative estimate of drug-likeness (QED) is 0.797. The maximum absolute atomic E-state index is 9.95. The van der Waals surface area contributed by atoms with Crippen LogP contribution in [0.3, 0.4) is 0 Å². The van der Waals surface area contributed by atoms with Gasteiger partial charge >= 0.3 is 0 Å². The lowest BCUT2D eigenvalue weighted by Gasteiger charge is -2.48. The van der Waals surface area contributed by atoms with Crippen LogP contribution in [-0.4, -0.2) is 36.3 Å². The normalized spacial score (nSPS) is 32.2. The van der Waals surface area contributed by atoms with Gasteiger partial charge in [0.1, 0.15) is 5.75 Å². The average Bonchev–Trinajstić information content (AvgIpc) is 2.86. The Bertz CT molecular complexity index is 580. The van der Waals surface area contributed by atoms with E-state index in [2.05, 4.69) is 17.0 Å². The van der Waals surface area contributed by atoms with E-state index in [0.29, 0.717) is 5.75 Å². The lowest BCUT2D eigenvalue weighted by atomic mass is 9.71. The summed E-state index contributed by atoms with van der Waals surface area (Å²) in [6.07, 6.45) is 6.96. The highest BCUT2D eigenvalue weighted by atomic mass is 16.5. The van der Waals surface area contributed by atoms with Crippen LogP contribution in [0.15, 0.2) is 29.8 Å². The van der Waals surface area contributed by atoms with E-state index in [1.807, 2.05) is 19.2 Å². The standard InChI is InChI=1S/C17H21NO2/c1-20-15-5-3-13-7-9-18-8-6-12-2-4-14(19)10-16(12)17(13,18)11-15/h2-4,10,15,19H,5-9,11H2,1H3/t15-,17-/m0/s1. The molecule has 1 spiro atoms. The Hall–Kier alpha value is -1.32. The van der Waals surface area contributed by atoms with Crippen molar-refractivity contribution in [1.29, 1.82) is 0 Å². The fraction of sp³-hybridized carbons (Fsp3) is 0.529. The molecule has 106 valence electrons. The molecular formula is C17H21NO2. The molecule has 1 aromatic rings. The number of benzene rings is 1. The van der Waals surface area contributed by atoms with Gasteiger partial charge in [0.05, 0.1) is 11.6 Å². The number of methoxy groups -OCH3 is 1. The summed E-state index contributed by atoms with van der Waals surface area (Å²) in [5.74, 6) is 0.380. The SMILES string of the molecule is CO[C@H]1CC=C2CCN3CCc4ccc(O)cc4[C@]23C1. The van der Waals surface area contributed by atoms with Crippen LogP contribution >= 0.6 is 0 Å². The second kappa shape index (κ2) is 4.34. The van der Waals surface area contributed by atoms with Gasteiger partial charge in [0.15, 0.2) is 0 Å². The molecule has 0 unspecified atom stereocenters. The highest BCUT2D eigenvalue weighted by Crippen LogP contribution is 2.53. The minimum atomic E-state index is -0.00868. The lowest BCUT2D eigenvalue weighted by molar-refractivity contribution is 0.0290.